The molecule has 1 fully saturated rings. The smallest absolute Gasteiger partial charge is 0.227 e. The molecule has 2 aliphatic heterocycles. The van der Waals surface area contributed by atoms with E-state index in [1.807, 2.05) is 4.90 Å². The van der Waals surface area contributed by atoms with Crippen LogP contribution >= 0.6 is 0 Å². The summed E-state index contributed by atoms with van der Waals surface area (Å²) >= 11 is 0. The number of carbonyl (C=O) groups is 1. The van der Waals surface area contributed by atoms with Crippen LogP contribution in [0.5, 0.6) is 0 Å². The van der Waals surface area contributed by atoms with Crippen LogP contribution in [0.15, 0.2) is 48.5 Å². The topological polar surface area (TPSA) is 23.6 Å². The Bertz CT molecular complexity index is 744. The minimum atomic E-state index is -0.265. The Morgan fingerprint density at radius 2 is 1.83 bits per heavy atom. The van der Waals surface area contributed by atoms with Crippen molar-refractivity contribution in [3.63, 3.8) is 0 Å². The lowest BCUT2D eigenvalue weighted by Crippen LogP contribution is -2.52. The van der Waals surface area contributed by atoms with Gasteiger partial charge in [-0.3, -0.25) is 9.69 Å². The summed E-state index contributed by atoms with van der Waals surface area (Å²) in [6, 6.07) is 15.1. The van der Waals surface area contributed by atoms with E-state index in [0.29, 0.717) is 12.5 Å². The second kappa shape index (κ2) is 6.36. The van der Waals surface area contributed by atoms with Crippen molar-refractivity contribution in [1.29, 1.82) is 0 Å². The highest BCUT2D eigenvalue weighted by Crippen LogP contribution is 2.32. The first-order valence-corrected chi connectivity index (χ1v) is 8.55. The molecule has 0 spiro atoms. The molecule has 1 unspecified atom stereocenters. The number of hydrogen-bond acceptors (Lipinski definition) is 2. The number of halogens is 1. The second-order valence-corrected chi connectivity index (χ2v) is 6.64. The Balaban J connectivity index is 1.48. The molecule has 2 aromatic carbocycles. The molecule has 0 bridgehead atoms. The monoisotopic (exact) mass is 324 g/mol. The van der Waals surface area contributed by atoms with Gasteiger partial charge in [-0.25, -0.2) is 4.39 Å². The van der Waals surface area contributed by atoms with Gasteiger partial charge in [0, 0.05) is 26.2 Å². The molecule has 0 radical (unpaired) electrons. The average molecular weight is 324 g/mol. The number of carbonyl (C=O) groups excluding carboxylic acids is 1. The number of hydrogen-bond donors (Lipinski definition) is 0. The molecule has 1 amide bonds. The minimum Gasteiger partial charge on any atom is -0.339 e. The fraction of sp³-hybridized carbons (Fsp3) is 0.350. The molecular formula is C20H21FN2O. The van der Waals surface area contributed by atoms with Crippen LogP contribution in [0.1, 0.15) is 22.7 Å². The molecule has 4 rings (SSSR count). The van der Waals surface area contributed by atoms with Gasteiger partial charge >= 0.3 is 0 Å². The third kappa shape index (κ3) is 2.94. The molecule has 2 heterocycles. The number of amides is 1. The molecule has 1 saturated heterocycles. The second-order valence-electron chi connectivity index (χ2n) is 6.64. The number of nitrogens with zero attached hydrogens (tertiary/aromatic N) is 2. The normalized spacial score (nSPS) is 20.4. The van der Waals surface area contributed by atoms with Crippen LogP contribution in [0, 0.1) is 5.82 Å². The lowest BCUT2D eigenvalue weighted by Gasteiger charge is -2.45. The predicted molar refractivity (Wildman–Crippen MR) is 91.1 cm³/mol. The van der Waals surface area contributed by atoms with Gasteiger partial charge in [0.25, 0.3) is 0 Å². The van der Waals surface area contributed by atoms with Crippen LogP contribution < -0.4 is 0 Å². The third-order valence-electron chi connectivity index (χ3n) is 5.19. The lowest BCUT2D eigenvalue weighted by atomic mass is 9.91. The Morgan fingerprint density at radius 3 is 2.67 bits per heavy atom. The van der Waals surface area contributed by atoms with Crippen LogP contribution in [0.3, 0.4) is 0 Å². The van der Waals surface area contributed by atoms with Crippen LogP contribution in [0.25, 0.3) is 0 Å². The fourth-order valence-corrected chi connectivity index (χ4v) is 3.85. The van der Waals surface area contributed by atoms with Crippen molar-refractivity contribution in [3.8, 4) is 0 Å². The summed E-state index contributed by atoms with van der Waals surface area (Å²) < 4.78 is 13.0. The molecular weight excluding hydrogens is 303 g/mol. The maximum atomic E-state index is 13.0. The SMILES string of the molecule is O=C(Cc1ccc(F)cc1)N1CCN2CCc3ccccc3C2C1. The highest BCUT2D eigenvalue weighted by atomic mass is 19.1. The Kier molecular flexibility index (Phi) is 4.07. The molecule has 2 aromatic rings. The molecule has 24 heavy (non-hydrogen) atoms. The van der Waals surface area contributed by atoms with Gasteiger partial charge in [0.15, 0.2) is 0 Å². The zero-order valence-electron chi connectivity index (χ0n) is 13.6. The molecule has 0 saturated carbocycles. The van der Waals surface area contributed by atoms with Gasteiger partial charge in [0.1, 0.15) is 5.82 Å². The zero-order valence-corrected chi connectivity index (χ0v) is 13.6. The molecule has 124 valence electrons. The van der Waals surface area contributed by atoms with E-state index in [-0.39, 0.29) is 11.7 Å². The maximum Gasteiger partial charge on any atom is 0.227 e. The first-order valence-electron chi connectivity index (χ1n) is 8.55. The van der Waals surface area contributed by atoms with Gasteiger partial charge in [-0.15, -0.1) is 0 Å². The van der Waals surface area contributed by atoms with Crippen molar-refractivity contribution in [3.05, 3.63) is 71.0 Å². The zero-order chi connectivity index (χ0) is 16.5. The summed E-state index contributed by atoms with van der Waals surface area (Å²) in [7, 11) is 0. The number of piperazine rings is 1. The maximum absolute atomic E-state index is 13.0. The summed E-state index contributed by atoms with van der Waals surface area (Å²) in [5.41, 5.74) is 3.64. The summed E-state index contributed by atoms with van der Waals surface area (Å²) in [5, 5.41) is 0. The van der Waals surface area contributed by atoms with Gasteiger partial charge in [-0.1, -0.05) is 36.4 Å². The third-order valence-corrected chi connectivity index (χ3v) is 5.19. The summed E-state index contributed by atoms with van der Waals surface area (Å²) in [5.74, 6) is -0.136. The van der Waals surface area contributed by atoms with Crippen LogP contribution in [-0.2, 0) is 17.6 Å². The van der Waals surface area contributed by atoms with Crippen LogP contribution in [-0.4, -0.2) is 41.9 Å². The Labute approximate surface area is 141 Å². The van der Waals surface area contributed by atoms with E-state index in [1.54, 1.807) is 12.1 Å². The summed E-state index contributed by atoms with van der Waals surface area (Å²) in [6.45, 7) is 3.52. The van der Waals surface area contributed by atoms with Crippen molar-refractivity contribution in [1.82, 2.24) is 9.80 Å². The fourth-order valence-electron chi connectivity index (χ4n) is 3.85. The van der Waals surface area contributed by atoms with Crippen molar-refractivity contribution >= 4 is 5.91 Å². The highest BCUT2D eigenvalue weighted by Gasteiger charge is 2.33. The molecule has 0 aliphatic carbocycles. The number of benzene rings is 2. The van der Waals surface area contributed by atoms with Gasteiger partial charge in [-0.2, -0.15) is 0 Å². The summed E-state index contributed by atoms with van der Waals surface area (Å²) in [6.07, 6.45) is 1.44. The van der Waals surface area contributed by atoms with E-state index < -0.39 is 0 Å². The van der Waals surface area contributed by atoms with E-state index >= 15 is 0 Å². The Hall–Kier alpha value is -2.20. The predicted octanol–water partition coefficient (Wildman–Crippen LogP) is 2.81. The number of rotatable bonds is 2. The molecule has 0 N–H and O–H groups in total. The van der Waals surface area contributed by atoms with E-state index in [2.05, 4.69) is 29.2 Å². The van der Waals surface area contributed by atoms with Crippen molar-refractivity contribution in [2.75, 3.05) is 26.2 Å². The largest absolute Gasteiger partial charge is 0.339 e. The summed E-state index contributed by atoms with van der Waals surface area (Å²) in [4.78, 5) is 17.1. The molecule has 2 aliphatic rings. The molecule has 3 nitrogen and oxygen atoms in total. The van der Waals surface area contributed by atoms with Gasteiger partial charge in [-0.05, 0) is 35.2 Å². The van der Waals surface area contributed by atoms with Crippen molar-refractivity contribution in [2.24, 2.45) is 0 Å². The van der Waals surface area contributed by atoms with E-state index in [1.165, 1.54) is 23.3 Å². The van der Waals surface area contributed by atoms with E-state index in [4.69, 9.17) is 0 Å². The molecule has 4 heteroatoms. The minimum absolute atomic E-state index is 0.129. The van der Waals surface area contributed by atoms with Gasteiger partial charge in [0.05, 0.1) is 12.5 Å². The standard InChI is InChI=1S/C20H21FN2O/c21-17-7-5-15(6-8-17)13-20(24)23-12-11-22-10-9-16-3-1-2-4-18(16)19(22)14-23/h1-8,19H,9-14H2. The van der Waals surface area contributed by atoms with Crippen molar-refractivity contribution in [2.45, 2.75) is 18.9 Å². The first kappa shape index (κ1) is 15.3. The van der Waals surface area contributed by atoms with E-state index in [0.717, 1.165) is 38.2 Å². The van der Waals surface area contributed by atoms with Crippen LogP contribution in [0.2, 0.25) is 0 Å². The average Bonchev–Trinajstić information content (AvgIpc) is 2.63. The van der Waals surface area contributed by atoms with E-state index in [9.17, 15) is 9.18 Å². The first-order chi connectivity index (χ1) is 11.7. The molecule has 0 aromatic heterocycles. The van der Waals surface area contributed by atoms with Gasteiger partial charge < -0.3 is 4.90 Å². The van der Waals surface area contributed by atoms with Gasteiger partial charge in [0.2, 0.25) is 5.91 Å². The lowest BCUT2D eigenvalue weighted by molar-refractivity contribution is -0.133. The quantitative estimate of drug-likeness (QED) is 0.848. The Morgan fingerprint density at radius 1 is 1.04 bits per heavy atom. The highest BCUT2D eigenvalue weighted by molar-refractivity contribution is 5.79. The molecule has 1 atom stereocenters. The van der Waals surface area contributed by atoms with Crippen molar-refractivity contribution < 1.29 is 9.18 Å². The van der Waals surface area contributed by atoms with Crippen LogP contribution in [0.4, 0.5) is 4.39 Å². The number of fused-ring (bicyclic) bond motifs is 3.